The molecule has 0 aromatic carbocycles. The Morgan fingerprint density at radius 1 is 1.41 bits per heavy atom. The summed E-state index contributed by atoms with van der Waals surface area (Å²) < 4.78 is 28.9. The second-order valence-electron chi connectivity index (χ2n) is 3.84. The van der Waals surface area contributed by atoms with Crippen molar-refractivity contribution < 1.29 is 27.9 Å². The molecule has 1 saturated heterocycles. The Balaban J connectivity index is 2.42. The van der Waals surface area contributed by atoms with Gasteiger partial charge in [0.05, 0.1) is 13.0 Å². The Hall–Kier alpha value is -1.15. The zero-order valence-electron chi connectivity index (χ0n) is 9.46. The molecule has 0 radical (unpaired) electrons. The lowest BCUT2D eigenvalue weighted by atomic mass is 10.00. The second kappa shape index (κ2) is 5.46. The smallest absolute Gasteiger partial charge is 0.322 e. The summed E-state index contributed by atoms with van der Waals surface area (Å²) in [6.45, 7) is 2.05. The summed E-state index contributed by atoms with van der Waals surface area (Å²) in [6, 6.07) is 0. The molecule has 98 valence electrons. The summed E-state index contributed by atoms with van der Waals surface area (Å²) in [4.78, 5) is 21.4. The fraction of sp³-hybridized carbons (Fsp3) is 0.778. The maximum atomic E-state index is 11.6. The highest BCUT2D eigenvalue weighted by Crippen LogP contribution is 2.22. The first-order valence-corrected chi connectivity index (χ1v) is 6.81. The van der Waals surface area contributed by atoms with Crippen LogP contribution in [0.15, 0.2) is 0 Å². The van der Waals surface area contributed by atoms with Crippen LogP contribution in [0.3, 0.4) is 0 Å². The predicted molar refractivity (Wildman–Crippen MR) is 57.7 cm³/mol. The lowest BCUT2D eigenvalue weighted by Crippen LogP contribution is -2.52. The molecule has 0 aromatic rings. The van der Waals surface area contributed by atoms with Gasteiger partial charge in [-0.05, 0) is 12.8 Å². The zero-order valence-corrected chi connectivity index (χ0v) is 10.3. The highest BCUT2D eigenvalue weighted by Gasteiger charge is 2.37. The average molecular weight is 265 g/mol. The Labute approximate surface area is 99.4 Å². The van der Waals surface area contributed by atoms with Gasteiger partial charge < -0.3 is 9.84 Å². The molecular formula is C9H15NO6S. The first kappa shape index (κ1) is 13.9. The Morgan fingerprint density at radius 2 is 2.00 bits per heavy atom. The van der Waals surface area contributed by atoms with Crippen molar-refractivity contribution in [1.29, 1.82) is 0 Å². The van der Waals surface area contributed by atoms with Gasteiger partial charge in [0.15, 0.2) is 5.75 Å². The minimum atomic E-state index is -3.65. The normalized spacial score (nSPS) is 17.5. The van der Waals surface area contributed by atoms with E-state index < -0.39 is 27.7 Å². The number of carbonyl (C=O) groups excluding carboxylic acids is 1. The number of rotatable bonds is 6. The summed E-state index contributed by atoms with van der Waals surface area (Å²) in [5, 5.41) is 8.51. The first-order chi connectivity index (χ1) is 7.85. The highest BCUT2D eigenvalue weighted by molar-refractivity contribution is 7.89. The standard InChI is InChI=1S/C9H15NO6S/c1-2-16-9(13)6-17(14,15)10-4-7(5-10)3-8(11)12/h7H,2-6H2,1H3,(H,11,12). The summed E-state index contributed by atoms with van der Waals surface area (Å²) in [5.74, 6) is -2.57. The van der Waals surface area contributed by atoms with Crippen molar-refractivity contribution >= 4 is 22.0 Å². The van der Waals surface area contributed by atoms with Gasteiger partial charge in [0, 0.05) is 13.1 Å². The van der Waals surface area contributed by atoms with Crippen LogP contribution >= 0.6 is 0 Å². The van der Waals surface area contributed by atoms with Gasteiger partial charge in [-0.2, -0.15) is 0 Å². The highest BCUT2D eigenvalue weighted by atomic mass is 32.2. The van der Waals surface area contributed by atoms with Crippen LogP contribution in [0.5, 0.6) is 0 Å². The minimum absolute atomic E-state index is 0.0502. The van der Waals surface area contributed by atoms with E-state index in [9.17, 15) is 18.0 Å². The third kappa shape index (κ3) is 3.97. The third-order valence-electron chi connectivity index (χ3n) is 2.39. The number of hydrogen-bond acceptors (Lipinski definition) is 5. The van der Waals surface area contributed by atoms with E-state index in [2.05, 4.69) is 4.74 Å². The topological polar surface area (TPSA) is 101 Å². The van der Waals surface area contributed by atoms with E-state index in [1.807, 2.05) is 0 Å². The number of ether oxygens (including phenoxy) is 1. The molecule has 0 bridgehead atoms. The molecule has 1 aliphatic heterocycles. The SMILES string of the molecule is CCOC(=O)CS(=O)(=O)N1CC(CC(=O)O)C1. The maximum Gasteiger partial charge on any atom is 0.322 e. The monoisotopic (exact) mass is 265 g/mol. The van der Waals surface area contributed by atoms with Crippen molar-refractivity contribution in [2.24, 2.45) is 5.92 Å². The van der Waals surface area contributed by atoms with Crippen LogP contribution < -0.4 is 0 Å². The Kier molecular flexibility index (Phi) is 4.47. The van der Waals surface area contributed by atoms with E-state index in [0.717, 1.165) is 4.31 Å². The number of carboxylic acids is 1. The van der Waals surface area contributed by atoms with Gasteiger partial charge in [0.25, 0.3) is 0 Å². The van der Waals surface area contributed by atoms with Crippen molar-refractivity contribution in [2.75, 3.05) is 25.4 Å². The van der Waals surface area contributed by atoms with Crippen LogP contribution in [0, 0.1) is 5.92 Å². The quantitative estimate of drug-likeness (QED) is 0.636. The van der Waals surface area contributed by atoms with Gasteiger partial charge in [0.2, 0.25) is 10.0 Å². The van der Waals surface area contributed by atoms with Gasteiger partial charge in [-0.3, -0.25) is 9.59 Å². The van der Waals surface area contributed by atoms with E-state index in [1.54, 1.807) is 6.92 Å². The molecule has 7 nitrogen and oxygen atoms in total. The lowest BCUT2D eigenvalue weighted by Gasteiger charge is -2.36. The van der Waals surface area contributed by atoms with Crippen LogP contribution in [0.4, 0.5) is 0 Å². The van der Waals surface area contributed by atoms with Gasteiger partial charge >= 0.3 is 11.9 Å². The molecule has 0 aromatic heterocycles. The summed E-state index contributed by atoms with van der Waals surface area (Å²) in [5.41, 5.74) is 0. The predicted octanol–water partition coefficient (Wildman–Crippen LogP) is -0.714. The van der Waals surface area contributed by atoms with Crippen molar-refractivity contribution in [3.05, 3.63) is 0 Å². The first-order valence-electron chi connectivity index (χ1n) is 5.20. The van der Waals surface area contributed by atoms with Crippen molar-refractivity contribution in [3.63, 3.8) is 0 Å². The van der Waals surface area contributed by atoms with Gasteiger partial charge in [-0.15, -0.1) is 0 Å². The average Bonchev–Trinajstić information content (AvgIpc) is 2.09. The van der Waals surface area contributed by atoms with Crippen molar-refractivity contribution in [2.45, 2.75) is 13.3 Å². The fourth-order valence-electron chi connectivity index (χ4n) is 1.57. The van der Waals surface area contributed by atoms with Crippen LogP contribution in [0.2, 0.25) is 0 Å². The molecule has 8 heteroatoms. The van der Waals surface area contributed by atoms with Gasteiger partial charge in [0.1, 0.15) is 0 Å². The lowest BCUT2D eigenvalue weighted by molar-refractivity contribution is -0.141. The van der Waals surface area contributed by atoms with E-state index in [4.69, 9.17) is 5.11 Å². The number of nitrogens with zero attached hydrogens (tertiary/aromatic N) is 1. The van der Waals surface area contributed by atoms with E-state index in [-0.39, 0.29) is 32.0 Å². The Bertz CT molecular complexity index is 398. The second-order valence-corrected chi connectivity index (χ2v) is 5.81. The molecule has 0 atom stereocenters. The molecule has 1 N–H and O–H groups in total. The molecule has 1 rings (SSSR count). The summed E-state index contributed by atoms with van der Waals surface area (Å²) in [7, 11) is -3.65. The molecule has 0 unspecified atom stereocenters. The van der Waals surface area contributed by atoms with Crippen LogP contribution in [0.25, 0.3) is 0 Å². The molecule has 0 aliphatic carbocycles. The van der Waals surface area contributed by atoms with Crippen LogP contribution in [0.1, 0.15) is 13.3 Å². The largest absolute Gasteiger partial charge is 0.481 e. The molecule has 1 heterocycles. The molecule has 17 heavy (non-hydrogen) atoms. The van der Waals surface area contributed by atoms with Crippen molar-refractivity contribution in [1.82, 2.24) is 4.31 Å². The van der Waals surface area contributed by atoms with E-state index >= 15 is 0 Å². The molecule has 1 aliphatic rings. The number of esters is 1. The molecule has 0 saturated carbocycles. The fourth-order valence-corrected chi connectivity index (χ4v) is 3.01. The molecule has 0 amide bonds. The molecule has 0 spiro atoms. The zero-order chi connectivity index (χ0) is 13.1. The van der Waals surface area contributed by atoms with E-state index in [1.165, 1.54) is 0 Å². The van der Waals surface area contributed by atoms with Gasteiger partial charge in [-0.1, -0.05) is 0 Å². The van der Waals surface area contributed by atoms with E-state index in [0.29, 0.717) is 0 Å². The maximum absolute atomic E-state index is 11.6. The van der Waals surface area contributed by atoms with Crippen LogP contribution in [-0.2, 0) is 24.3 Å². The third-order valence-corrected chi connectivity index (χ3v) is 4.07. The number of carbonyl (C=O) groups is 2. The number of hydrogen-bond donors (Lipinski definition) is 1. The van der Waals surface area contributed by atoms with Gasteiger partial charge in [-0.25, -0.2) is 12.7 Å². The Morgan fingerprint density at radius 3 is 2.47 bits per heavy atom. The molecular weight excluding hydrogens is 250 g/mol. The number of carboxylic acid groups (broad SMARTS) is 1. The molecule has 1 fully saturated rings. The minimum Gasteiger partial charge on any atom is -0.481 e. The summed E-state index contributed by atoms with van der Waals surface area (Å²) in [6.07, 6.45) is -0.0502. The summed E-state index contributed by atoms with van der Waals surface area (Å²) >= 11 is 0. The number of aliphatic carboxylic acids is 1. The number of sulfonamides is 1. The van der Waals surface area contributed by atoms with Crippen LogP contribution in [-0.4, -0.2) is 55.2 Å². The van der Waals surface area contributed by atoms with Crippen molar-refractivity contribution in [3.8, 4) is 0 Å².